The fourth-order valence-electron chi connectivity index (χ4n) is 4.87. The number of rotatable bonds is 5. The molecule has 0 aromatic heterocycles. The number of anilines is 2. The predicted octanol–water partition coefficient (Wildman–Crippen LogP) is 3.76. The van der Waals surface area contributed by atoms with E-state index in [9.17, 15) is 18.8 Å². The van der Waals surface area contributed by atoms with Crippen molar-refractivity contribution in [1.29, 1.82) is 0 Å². The molecule has 5 rings (SSSR count). The standard InChI is InChI=1S/C27H31FN4O3/c28-23-7-3-2-6-21(23)26(34)32-16-14-30(15-17-32)24-11-10-20(29-25(33)19-8-9-19)18-22(24)27(35)31-12-4-1-5-13-31/h2-3,6-7,10-11,18-19H,1,4-5,8-9,12-17H2,(H,29,33). The lowest BCUT2D eigenvalue weighted by atomic mass is 10.0. The molecule has 184 valence electrons. The van der Waals surface area contributed by atoms with Gasteiger partial charge in [-0.2, -0.15) is 0 Å². The molecule has 2 heterocycles. The Hall–Kier alpha value is -3.42. The molecule has 0 atom stereocenters. The molecule has 8 heteroatoms. The zero-order valence-corrected chi connectivity index (χ0v) is 19.8. The van der Waals surface area contributed by atoms with Crippen molar-refractivity contribution in [1.82, 2.24) is 9.80 Å². The summed E-state index contributed by atoms with van der Waals surface area (Å²) in [4.78, 5) is 44.3. The second-order valence-electron chi connectivity index (χ2n) is 9.61. The Balaban J connectivity index is 1.34. The monoisotopic (exact) mass is 478 g/mol. The zero-order valence-electron chi connectivity index (χ0n) is 19.8. The van der Waals surface area contributed by atoms with E-state index in [1.54, 1.807) is 23.1 Å². The minimum atomic E-state index is -0.516. The van der Waals surface area contributed by atoms with Gasteiger partial charge in [-0.25, -0.2) is 4.39 Å². The minimum Gasteiger partial charge on any atom is -0.367 e. The number of amides is 3. The number of carbonyl (C=O) groups is 3. The number of piperazine rings is 1. The largest absolute Gasteiger partial charge is 0.367 e. The van der Waals surface area contributed by atoms with Gasteiger partial charge in [-0.1, -0.05) is 12.1 Å². The van der Waals surface area contributed by atoms with Crippen LogP contribution in [0.3, 0.4) is 0 Å². The van der Waals surface area contributed by atoms with Gasteiger partial charge in [0, 0.05) is 56.6 Å². The highest BCUT2D eigenvalue weighted by atomic mass is 19.1. The summed E-state index contributed by atoms with van der Waals surface area (Å²) in [6.45, 7) is 3.42. The van der Waals surface area contributed by atoms with Crippen LogP contribution >= 0.6 is 0 Å². The smallest absolute Gasteiger partial charge is 0.256 e. The van der Waals surface area contributed by atoms with Crippen molar-refractivity contribution in [2.75, 3.05) is 49.5 Å². The molecule has 3 aliphatic rings. The van der Waals surface area contributed by atoms with Crippen LogP contribution in [0, 0.1) is 11.7 Å². The highest BCUT2D eigenvalue weighted by Gasteiger charge is 2.31. The predicted molar refractivity (Wildman–Crippen MR) is 132 cm³/mol. The summed E-state index contributed by atoms with van der Waals surface area (Å²) in [5.74, 6) is -0.763. The lowest BCUT2D eigenvalue weighted by molar-refractivity contribution is -0.117. The average molecular weight is 479 g/mol. The van der Waals surface area contributed by atoms with Gasteiger partial charge in [0.1, 0.15) is 5.82 Å². The topological polar surface area (TPSA) is 73.0 Å². The minimum absolute atomic E-state index is 0.00870. The fourth-order valence-corrected chi connectivity index (χ4v) is 4.87. The molecule has 0 spiro atoms. The molecule has 3 amide bonds. The first kappa shape index (κ1) is 23.3. The van der Waals surface area contributed by atoms with Crippen molar-refractivity contribution in [3.05, 3.63) is 59.4 Å². The van der Waals surface area contributed by atoms with Crippen LogP contribution in [0.15, 0.2) is 42.5 Å². The van der Waals surface area contributed by atoms with Gasteiger partial charge in [-0.3, -0.25) is 14.4 Å². The molecule has 0 unspecified atom stereocenters. The van der Waals surface area contributed by atoms with Crippen LogP contribution in [0.5, 0.6) is 0 Å². The maximum Gasteiger partial charge on any atom is 0.256 e. The molecular weight excluding hydrogens is 447 g/mol. The summed E-state index contributed by atoms with van der Waals surface area (Å²) in [6, 6.07) is 11.6. The van der Waals surface area contributed by atoms with Crippen LogP contribution in [-0.4, -0.2) is 66.8 Å². The Morgan fingerprint density at radius 3 is 2.11 bits per heavy atom. The Bertz CT molecular complexity index is 1120. The summed E-state index contributed by atoms with van der Waals surface area (Å²) < 4.78 is 14.1. The fraction of sp³-hybridized carbons (Fsp3) is 0.444. The Morgan fingerprint density at radius 2 is 1.43 bits per heavy atom. The summed E-state index contributed by atoms with van der Waals surface area (Å²) in [7, 11) is 0. The summed E-state index contributed by atoms with van der Waals surface area (Å²) in [5, 5.41) is 2.96. The van der Waals surface area contributed by atoms with E-state index < -0.39 is 5.82 Å². The summed E-state index contributed by atoms with van der Waals surface area (Å²) >= 11 is 0. The number of nitrogens with one attached hydrogen (secondary N) is 1. The zero-order chi connectivity index (χ0) is 24.4. The van der Waals surface area contributed by atoms with Gasteiger partial charge in [0.05, 0.1) is 11.1 Å². The quantitative estimate of drug-likeness (QED) is 0.710. The average Bonchev–Trinajstić information content (AvgIpc) is 3.75. The molecule has 3 fully saturated rings. The van der Waals surface area contributed by atoms with Crippen molar-refractivity contribution in [3.63, 3.8) is 0 Å². The molecule has 1 aliphatic carbocycles. The number of hydrogen-bond donors (Lipinski definition) is 1. The molecule has 0 radical (unpaired) electrons. The van der Waals surface area contributed by atoms with E-state index in [1.165, 1.54) is 12.1 Å². The van der Waals surface area contributed by atoms with Gasteiger partial charge in [0.25, 0.3) is 11.8 Å². The van der Waals surface area contributed by atoms with Gasteiger partial charge in [0.2, 0.25) is 5.91 Å². The van der Waals surface area contributed by atoms with Gasteiger partial charge < -0.3 is 20.0 Å². The third kappa shape index (κ3) is 5.16. The normalized spacial score (nSPS) is 18.4. The van der Waals surface area contributed by atoms with Crippen LogP contribution in [-0.2, 0) is 4.79 Å². The van der Waals surface area contributed by atoms with Gasteiger partial charge in [0.15, 0.2) is 0 Å². The lowest BCUT2D eigenvalue weighted by Crippen LogP contribution is -2.49. The van der Waals surface area contributed by atoms with Gasteiger partial charge >= 0.3 is 0 Å². The molecule has 0 bridgehead atoms. The summed E-state index contributed by atoms with van der Waals surface area (Å²) in [5.41, 5.74) is 2.11. The molecule has 2 saturated heterocycles. The second-order valence-corrected chi connectivity index (χ2v) is 9.61. The van der Waals surface area contributed by atoms with Crippen molar-refractivity contribution >= 4 is 29.1 Å². The molecule has 2 aliphatic heterocycles. The van der Waals surface area contributed by atoms with E-state index in [0.717, 1.165) is 50.9 Å². The van der Waals surface area contributed by atoms with E-state index in [1.807, 2.05) is 17.0 Å². The van der Waals surface area contributed by atoms with Crippen molar-refractivity contribution < 1.29 is 18.8 Å². The van der Waals surface area contributed by atoms with Gasteiger partial charge in [-0.15, -0.1) is 0 Å². The van der Waals surface area contributed by atoms with Gasteiger partial charge in [-0.05, 0) is 62.4 Å². The molecule has 7 nitrogen and oxygen atoms in total. The number of hydrogen-bond acceptors (Lipinski definition) is 4. The van der Waals surface area contributed by atoms with E-state index in [2.05, 4.69) is 10.2 Å². The van der Waals surface area contributed by atoms with E-state index >= 15 is 0 Å². The molecule has 1 saturated carbocycles. The second kappa shape index (κ2) is 10.1. The Morgan fingerprint density at radius 1 is 0.771 bits per heavy atom. The number of benzene rings is 2. The SMILES string of the molecule is O=C(Nc1ccc(N2CCN(C(=O)c3ccccc3F)CC2)c(C(=O)N2CCCCC2)c1)C1CC1. The van der Waals surface area contributed by atoms with E-state index in [0.29, 0.717) is 37.4 Å². The number of nitrogens with zero attached hydrogens (tertiary/aromatic N) is 3. The van der Waals surface area contributed by atoms with E-state index in [4.69, 9.17) is 0 Å². The molecule has 2 aromatic rings. The lowest BCUT2D eigenvalue weighted by Gasteiger charge is -2.37. The first-order chi connectivity index (χ1) is 17.0. The molecule has 2 aromatic carbocycles. The Kier molecular flexibility index (Phi) is 6.70. The highest BCUT2D eigenvalue weighted by Crippen LogP contribution is 2.32. The van der Waals surface area contributed by atoms with Crippen molar-refractivity contribution in [3.8, 4) is 0 Å². The van der Waals surface area contributed by atoms with Crippen molar-refractivity contribution in [2.24, 2.45) is 5.92 Å². The molecular formula is C27H31FN4O3. The maximum atomic E-state index is 14.1. The van der Waals surface area contributed by atoms with Crippen LogP contribution < -0.4 is 10.2 Å². The molecule has 35 heavy (non-hydrogen) atoms. The first-order valence-corrected chi connectivity index (χ1v) is 12.5. The maximum absolute atomic E-state index is 14.1. The summed E-state index contributed by atoms with van der Waals surface area (Å²) in [6.07, 6.45) is 4.96. The van der Waals surface area contributed by atoms with E-state index in [-0.39, 0.29) is 29.2 Å². The number of likely N-dealkylation sites (tertiary alicyclic amines) is 1. The third-order valence-electron chi connectivity index (χ3n) is 7.10. The van der Waals surface area contributed by atoms with Crippen molar-refractivity contribution in [2.45, 2.75) is 32.1 Å². The first-order valence-electron chi connectivity index (χ1n) is 12.5. The van der Waals surface area contributed by atoms with Crippen LogP contribution in [0.4, 0.5) is 15.8 Å². The van der Waals surface area contributed by atoms with Crippen LogP contribution in [0.25, 0.3) is 0 Å². The van der Waals surface area contributed by atoms with Crippen LogP contribution in [0.2, 0.25) is 0 Å². The number of carbonyl (C=O) groups excluding carboxylic acids is 3. The molecule has 1 N–H and O–H groups in total. The Labute approximate surface area is 204 Å². The van der Waals surface area contributed by atoms with Crippen LogP contribution in [0.1, 0.15) is 52.8 Å². The number of halogens is 1. The highest BCUT2D eigenvalue weighted by molar-refractivity contribution is 6.02. The third-order valence-corrected chi connectivity index (χ3v) is 7.10. The number of piperidine rings is 1.